The van der Waals surface area contributed by atoms with Crippen LogP contribution in [-0.2, 0) is 19.6 Å². The molecule has 0 N–H and O–H groups in total. The molecule has 0 amide bonds. The van der Waals surface area contributed by atoms with Crippen molar-refractivity contribution in [1.29, 1.82) is 0 Å². The molecule has 0 atom stereocenters. The van der Waals surface area contributed by atoms with Gasteiger partial charge in [0.05, 0.1) is 11.3 Å². The fourth-order valence-corrected chi connectivity index (χ4v) is 3.69. The van der Waals surface area contributed by atoms with Crippen molar-refractivity contribution in [2.75, 3.05) is 12.3 Å². The van der Waals surface area contributed by atoms with Gasteiger partial charge in [-0.3, -0.25) is 0 Å². The SMILES string of the molecule is O=C(OC1CCCCC1)C1=CN2CCS(=O)(=O)N=C2C=C1. The third kappa shape index (κ3) is 3.34. The number of ether oxygens (including phenoxy) is 1. The first-order valence-corrected chi connectivity index (χ1v) is 8.85. The maximum Gasteiger partial charge on any atom is 0.339 e. The lowest BCUT2D eigenvalue weighted by molar-refractivity contribution is -0.145. The van der Waals surface area contributed by atoms with E-state index in [1.54, 1.807) is 23.3 Å². The Bertz CT molecular complexity index is 627. The average Bonchev–Trinajstić information content (AvgIpc) is 2.47. The molecule has 1 saturated carbocycles. The van der Waals surface area contributed by atoms with Crippen molar-refractivity contribution in [3.63, 3.8) is 0 Å². The van der Waals surface area contributed by atoms with Crippen LogP contribution >= 0.6 is 0 Å². The molecule has 6 nitrogen and oxygen atoms in total. The maximum absolute atomic E-state index is 12.1. The quantitative estimate of drug-likeness (QED) is 0.720. The molecule has 0 bridgehead atoms. The number of rotatable bonds is 2. The molecule has 1 aliphatic carbocycles. The van der Waals surface area contributed by atoms with E-state index in [9.17, 15) is 13.2 Å². The number of carbonyl (C=O) groups excluding carboxylic acids is 1. The Morgan fingerprint density at radius 2 is 2.00 bits per heavy atom. The van der Waals surface area contributed by atoms with Crippen molar-refractivity contribution in [3.8, 4) is 0 Å². The van der Waals surface area contributed by atoms with Gasteiger partial charge in [0, 0.05) is 12.7 Å². The molecular formula is C14H18N2O4S. The van der Waals surface area contributed by atoms with E-state index in [1.807, 2.05) is 0 Å². The fraction of sp³-hybridized carbons (Fsp3) is 0.571. The first-order chi connectivity index (χ1) is 10.0. The van der Waals surface area contributed by atoms with E-state index in [1.165, 1.54) is 6.42 Å². The summed E-state index contributed by atoms with van der Waals surface area (Å²) in [6.07, 6.45) is 10.0. The first-order valence-electron chi connectivity index (χ1n) is 7.24. The average molecular weight is 310 g/mol. The van der Waals surface area contributed by atoms with Gasteiger partial charge in [-0.05, 0) is 37.8 Å². The summed E-state index contributed by atoms with van der Waals surface area (Å²) in [5.41, 5.74) is 0.443. The lowest BCUT2D eigenvalue weighted by Crippen LogP contribution is -2.37. The molecule has 0 radical (unpaired) electrons. The van der Waals surface area contributed by atoms with E-state index >= 15 is 0 Å². The predicted octanol–water partition coefficient (Wildman–Crippen LogP) is 1.36. The Labute approximate surface area is 124 Å². The Hall–Kier alpha value is -1.63. The Morgan fingerprint density at radius 3 is 2.76 bits per heavy atom. The van der Waals surface area contributed by atoms with Crippen LogP contribution in [0.1, 0.15) is 32.1 Å². The van der Waals surface area contributed by atoms with Gasteiger partial charge in [-0.15, -0.1) is 4.40 Å². The highest BCUT2D eigenvalue weighted by molar-refractivity contribution is 7.90. The van der Waals surface area contributed by atoms with Crippen LogP contribution in [0.4, 0.5) is 0 Å². The Kier molecular flexibility index (Phi) is 3.84. The van der Waals surface area contributed by atoms with Crippen molar-refractivity contribution in [2.24, 2.45) is 4.40 Å². The predicted molar refractivity (Wildman–Crippen MR) is 78.1 cm³/mol. The van der Waals surface area contributed by atoms with Crippen molar-refractivity contribution in [1.82, 2.24) is 4.90 Å². The molecule has 0 aromatic heterocycles. The Balaban J connectivity index is 1.69. The summed E-state index contributed by atoms with van der Waals surface area (Å²) in [6, 6.07) is 0. The molecule has 0 spiro atoms. The minimum atomic E-state index is -3.36. The number of hydrogen-bond donors (Lipinski definition) is 0. The lowest BCUT2D eigenvalue weighted by Gasteiger charge is -2.27. The van der Waals surface area contributed by atoms with Gasteiger partial charge in [-0.25, -0.2) is 13.2 Å². The smallest absolute Gasteiger partial charge is 0.339 e. The summed E-state index contributed by atoms with van der Waals surface area (Å²) < 4.78 is 32.0. The summed E-state index contributed by atoms with van der Waals surface area (Å²) >= 11 is 0. The lowest BCUT2D eigenvalue weighted by atomic mass is 9.98. The molecule has 2 heterocycles. The van der Waals surface area contributed by atoms with Gasteiger partial charge in [0.15, 0.2) is 0 Å². The van der Waals surface area contributed by atoms with Crippen LogP contribution in [0.2, 0.25) is 0 Å². The summed E-state index contributed by atoms with van der Waals surface area (Å²) in [7, 11) is -3.36. The number of fused-ring (bicyclic) bond motifs is 1. The number of hydrogen-bond acceptors (Lipinski definition) is 5. The molecule has 21 heavy (non-hydrogen) atoms. The number of nitrogens with zero attached hydrogens (tertiary/aromatic N) is 2. The monoisotopic (exact) mass is 310 g/mol. The van der Waals surface area contributed by atoms with Crippen LogP contribution in [0.25, 0.3) is 0 Å². The van der Waals surface area contributed by atoms with Crippen LogP contribution in [0, 0.1) is 0 Å². The van der Waals surface area contributed by atoms with Gasteiger partial charge < -0.3 is 9.64 Å². The molecule has 1 fully saturated rings. The number of carbonyl (C=O) groups is 1. The van der Waals surface area contributed by atoms with Crippen LogP contribution < -0.4 is 0 Å². The van der Waals surface area contributed by atoms with Gasteiger partial charge in [0.2, 0.25) is 0 Å². The second kappa shape index (κ2) is 5.63. The van der Waals surface area contributed by atoms with Crippen molar-refractivity contribution < 1.29 is 17.9 Å². The second-order valence-electron chi connectivity index (χ2n) is 5.51. The minimum absolute atomic E-state index is 0.0114. The number of amidine groups is 1. The molecular weight excluding hydrogens is 292 g/mol. The largest absolute Gasteiger partial charge is 0.459 e. The first kappa shape index (κ1) is 14.3. The van der Waals surface area contributed by atoms with Crippen molar-refractivity contribution in [3.05, 3.63) is 23.9 Å². The highest BCUT2D eigenvalue weighted by atomic mass is 32.2. The number of sulfonamides is 1. The van der Waals surface area contributed by atoms with Crippen LogP contribution in [0.5, 0.6) is 0 Å². The summed E-state index contributed by atoms with van der Waals surface area (Å²) in [5.74, 6) is -0.0210. The zero-order valence-corrected chi connectivity index (χ0v) is 12.5. The highest BCUT2D eigenvalue weighted by Gasteiger charge is 2.26. The van der Waals surface area contributed by atoms with E-state index in [0.717, 1.165) is 25.7 Å². The zero-order chi connectivity index (χ0) is 14.9. The molecule has 0 saturated heterocycles. The van der Waals surface area contributed by atoms with E-state index in [2.05, 4.69) is 4.40 Å². The summed E-state index contributed by atoms with van der Waals surface area (Å²) in [6.45, 7) is 0.311. The topological polar surface area (TPSA) is 76.0 Å². The van der Waals surface area contributed by atoms with E-state index < -0.39 is 10.0 Å². The normalized spacial score (nSPS) is 24.9. The van der Waals surface area contributed by atoms with Crippen LogP contribution in [-0.4, -0.2) is 43.5 Å². The zero-order valence-electron chi connectivity index (χ0n) is 11.7. The van der Waals surface area contributed by atoms with Crippen molar-refractivity contribution in [2.45, 2.75) is 38.2 Å². The van der Waals surface area contributed by atoms with E-state index in [-0.39, 0.29) is 17.8 Å². The van der Waals surface area contributed by atoms with Crippen molar-refractivity contribution >= 4 is 21.8 Å². The molecule has 114 valence electrons. The van der Waals surface area contributed by atoms with Crippen LogP contribution in [0.3, 0.4) is 0 Å². The Morgan fingerprint density at radius 1 is 1.24 bits per heavy atom. The second-order valence-corrected chi connectivity index (χ2v) is 7.27. The van der Waals surface area contributed by atoms with Gasteiger partial charge in [-0.2, -0.15) is 0 Å². The molecule has 3 aliphatic rings. The van der Waals surface area contributed by atoms with E-state index in [0.29, 0.717) is 18.0 Å². The standard InChI is InChI=1S/C14H18N2O4S/c17-14(20-12-4-2-1-3-5-12)11-6-7-13-15-21(18,19)9-8-16(13)10-11/h6-7,10,12H,1-5,8-9H2. The summed E-state index contributed by atoms with van der Waals surface area (Å²) in [4.78, 5) is 13.8. The van der Waals surface area contributed by atoms with Gasteiger partial charge in [-0.1, -0.05) is 6.42 Å². The minimum Gasteiger partial charge on any atom is -0.459 e. The molecule has 2 aliphatic heterocycles. The molecule has 0 unspecified atom stereocenters. The number of esters is 1. The third-order valence-corrected chi connectivity index (χ3v) is 5.05. The van der Waals surface area contributed by atoms with Gasteiger partial charge in [0.1, 0.15) is 11.9 Å². The van der Waals surface area contributed by atoms with Crippen LogP contribution in [0.15, 0.2) is 28.3 Å². The maximum atomic E-state index is 12.1. The molecule has 0 aromatic carbocycles. The molecule has 3 rings (SSSR count). The van der Waals surface area contributed by atoms with Gasteiger partial charge in [0.25, 0.3) is 10.0 Å². The van der Waals surface area contributed by atoms with E-state index in [4.69, 9.17) is 4.74 Å². The fourth-order valence-electron chi connectivity index (χ4n) is 2.72. The molecule has 0 aromatic rings. The third-order valence-electron chi connectivity index (χ3n) is 3.89. The molecule has 7 heteroatoms. The summed E-state index contributed by atoms with van der Waals surface area (Å²) in [5, 5.41) is 0. The van der Waals surface area contributed by atoms with Gasteiger partial charge >= 0.3 is 5.97 Å². The highest BCUT2D eigenvalue weighted by Crippen LogP contribution is 2.22.